The Hall–Kier alpha value is 0. The Morgan fingerprint density at radius 3 is 2.05 bits per heavy atom. The zero-order valence-electron chi connectivity index (χ0n) is 12.5. The van der Waals surface area contributed by atoms with Gasteiger partial charge in [0.05, 0.1) is 0 Å². The van der Waals surface area contributed by atoms with Crippen molar-refractivity contribution >= 4 is 0 Å². The summed E-state index contributed by atoms with van der Waals surface area (Å²) in [5, 5.41) is 0. The molecular formula is C19H28. The van der Waals surface area contributed by atoms with E-state index in [-0.39, 0.29) is 0 Å². The van der Waals surface area contributed by atoms with E-state index >= 15 is 0 Å². The van der Waals surface area contributed by atoms with Crippen LogP contribution in [0.2, 0.25) is 0 Å². The predicted molar refractivity (Wildman–Crippen MR) is 76.4 cm³/mol. The molecule has 6 rings (SSSR count). The number of hydrogen-bond acceptors (Lipinski definition) is 0. The van der Waals surface area contributed by atoms with Gasteiger partial charge in [0, 0.05) is 0 Å². The van der Waals surface area contributed by atoms with Gasteiger partial charge in [0.1, 0.15) is 0 Å². The van der Waals surface area contributed by atoms with Gasteiger partial charge in [-0.15, -0.1) is 0 Å². The summed E-state index contributed by atoms with van der Waals surface area (Å²) in [6.07, 6.45) is 9.77. The summed E-state index contributed by atoms with van der Waals surface area (Å²) in [7, 11) is 0. The van der Waals surface area contributed by atoms with Gasteiger partial charge in [0.2, 0.25) is 0 Å². The second-order valence-electron chi connectivity index (χ2n) is 10.0. The Kier molecular flexibility index (Phi) is 1.66. The highest BCUT2D eigenvalue weighted by atomic mass is 14.8. The van der Waals surface area contributed by atoms with Crippen molar-refractivity contribution < 1.29 is 0 Å². The summed E-state index contributed by atoms with van der Waals surface area (Å²) in [5.74, 6) is 11.9. The molecule has 0 radical (unpaired) electrons. The molecule has 104 valence electrons. The highest BCUT2D eigenvalue weighted by Gasteiger charge is 2.72. The van der Waals surface area contributed by atoms with Crippen LogP contribution >= 0.6 is 0 Å². The van der Waals surface area contributed by atoms with Crippen molar-refractivity contribution in [3.05, 3.63) is 0 Å². The fraction of sp³-hybridized carbons (Fsp3) is 1.00. The maximum atomic E-state index is 2.60. The first kappa shape index (κ1) is 10.7. The van der Waals surface area contributed by atoms with Crippen LogP contribution in [0.5, 0.6) is 0 Å². The molecule has 10 atom stereocenters. The van der Waals surface area contributed by atoms with Crippen molar-refractivity contribution in [1.29, 1.82) is 0 Å². The van der Waals surface area contributed by atoms with Crippen molar-refractivity contribution in [2.45, 2.75) is 52.4 Å². The number of hydrogen-bond donors (Lipinski definition) is 0. The van der Waals surface area contributed by atoms with Crippen LogP contribution in [0, 0.1) is 64.6 Å². The van der Waals surface area contributed by atoms with Gasteiger partial charge in [-0.1, -0.05) is 13.8 Å². The maximum Gasteiger partial charge on any atom is -0.0315 e. The van der Waals surface area contributed by atoms with E-state index in [1.165, 1.54) is 47.3 Å². The summed E-state index contributed by atoms with van der Waals surface area (Å²) in [5.41, 5.74) is 0.698. The van der Waals surface area contributed by atoms with E-state index in [4.69, 9.17) is 0 Å². The van der Waals surface area contributed by atoms with Crippen LogP contribution in [0.4, 0.5) is 0 Å². The third kappa shape index (κ3) is 0.997. The van der Waals surface area contributed by atoms with Crippen LogP contribution in [0.15, 0.2) is 0 Å². The first-order chi connectivity index (χ1) is 9.15. The standard InChI is InChI=1S/C19H28/c1-19(2)8-11-6-14(19)18-13-7-12(17(11)18)15-9-3-4-10(5-9)16(13)15/h9-18H,3-8H2,1-2H3. The average molecular weight is 256 g/mol. The van der Waals surface area contributed by atoms with Crippen LogP contribution in [-0.2, 0) is 0 Å². The fourth-order valence-electron chi connectivity index (χ4n) is 9.43. The Morgan fingerprint density at radius 1 is 0.684 bits per heavy atom. The number of rotatable bonds is 0. The maximum absolute atomic E-state index is 2.60. The molecule has 10 unspecified atom stereocenters. The summed E-state index contributed by atoms with van der Waals surface area (Å²) in [6.45, 7) is 5.19. The zero-order chi connectivity index (χ0) is 12.5. The van der Waals surface area contributed by atoms with Gasteiger partial charge in [0.25, 0.3) is 0 Å². The Bertz CT molecular complexity index is 449. The van der Waals surface area contributed by atoms with Crippen LogP contribution in [0.3, 0.4) is 0 Å². The van der Waals surface area contributed by atoms with Crippen LogP contribution in [0.1, 0.15) is 52.4 Å². The normalized spacial score (nSPS) is 69.8. The van der Waals surface area contributed by atoms with Crippen molar-refractivity contribution in [3.8, 4) is 0 Å². The van der Waals surface area contributed by atoms with Crippen molar-refractivity contribution in [2.24, 2.45) is 64.6 Å². The lowest BCUT2D eigenvalue weighted by Gasteiger charge is -2.49. The van der Waals surface area contributed by atoms with E-state index in [0.717, 1.165) is 11.8 Å². The first-order valence-electron chi connectivity index (χ1n) is 9.15. The van der Waals surface area contributed by atoms with Crippen LogP contribution in [0.25, 0.3) is 0 Å². The van der Waals surface area contributed by atoms with Gasteiger partial charge in [-0.05, 0) is 103 Å². The SMILES string of the molecule is CC1(C)CC2CC1C1C3CC(C4C5CCC(C5)C34)C21. The van der Waals surface area contributed by atoms with E-state index in [1.807, 2.05) is 0 Å². The molecule has 0 aromatic heterocycles. The molecular weight excluding hydrogens is 228 g/mol. The molecule has 19 heavy (non-hydrogen) atoms. The second kappa shape index (κ2) is 2.95. The van der Waals surface area contributed by atoms with E-state index < -0.39 is 0 Å². The molecule has 0 aromatic rings. The Morgan fingerprint density at radius 2 is 1.32 bits per heavy atom. The lowest BCUT2D eigenvalue weighted by molar-refractivity contribution is -0.0124. The van der Waals surface area contributed by atoms with E-state index in [2.05, 4.69) is 13.8 Å². The highest BCUT2D eigenvalue weighted by molar-refractivity contribution is 5.20. The summed E-state index contributed by atoms with van der Waals surface area (Å²) in [6, 6.07) is 0. The Balaban J connectivity index is 1.44. The monoisotopic (exact) mass is 256 g/mol. The van der Waals surface area contributed by atoms with E-state index in [0.29, 0.717) is 5.41 Å². The molecule has 6 aliphatic carbocycles. The molecule has 0 N–H and O–H groups in total. The topological polar surface area (TPSA) is 0 Å². The van der Waals surface area contributed by atoms with Gasteiger partial charge in [0.15, 0.2) is 0 Å². The van der Waals surface area contributed by atoms with E-state index in [9.17, 15) is 0 Å². The minimum Gasteiger partial charge on any atom is -0.0596 e. The summed E-state index contributed by atoms with van der Waals surface area (Å²) >= 11 is 0. The third-order valence-corrected chi connectivity index (χ3v) is 9.37. The molecule has 0 heterocycles. The minimum atomic E-state index is 0.698. The molecule has 6 fully saturated rings. The van der Waals surface area contributed by atoms with Gasteiger partial charge >= 0.3 is 0 Å². The molecule has 0 spiro atoms. The third-order valence-electron chi connectivity index (χ3n) is 9.37. The second-order valence-corrected chi connectivity index (χ2v) is 10.0. The van der Waals surface area contributed by atoms with Gasteiger partial charge in [-0.25, -0.2) is 0 Å². The van der Waals surface area contributed by atoms with Gasteiger partial charge in [-0.3, -0.25) is 0 Å². The van der Waals surface area contributed by atoms with Crippen molar-refractivity contribution in [3.63, 3.8) is 0 Å². The molecule has 0 heteroatoms. The molecule has 6 bridgehead atoms. The van der Waals surface area contributed by atoms with Gasteiger partial charge < -0.3 is 0 Å². The van der Waals surface area contributed by atoms with Crippen molar-refractivity contribution in [2.75, 3.05) is 0 Å². The summed E-state index contributed by atoms with van der Waals surface area (Å²) < 4.78 is 0. The van der Waals surface area contributed by atoms with Crippen LogP contribution < -0.4 is 0 Å². The predicted octanol–water partition coefficient (Wildman–Crippen LogP) is 4.60. The van der Waals surface area contributed by atoms with Gasteiger partial charge in [-0.2, -0.15) is 0 Å². The first-order valence-corrected chi connectivity index (χ1v) is 9.15. The number of fused-ring (bicyclic) bond motifs is 16. The fourth-order valence-corrected chi connectivity index (χ4v) is 9.43. The smallest absolute Gasteiger partial charge is 0.0315 e. The largest absolute Gasteiger partial charge is 0.0596 e. The molecule has 6 saturated carbocycles. The highest BCUT2D eigenvalue weighted by Crippen LogP contribution is 2.78. The average Bonchev–Trinajstić information content (AvgIpc) is 3.13. The molecule has 0 amide bonds. The molecule has 0 aliphatic heterocycles. The molecule has 0 nitrogen and oxygen atoms in total. The Labute approximate surface area is 117 Å². The van der Waals surface area contributed by atoms with Crippen LogP contribution in [-0.4, -0.2) is 0 Å². The zero-order valence-corrected chi connectivity index (χ0v) is 12.5. The molecule has 0 saturated heterocycles. The molecule has 0 aromatic carbocycles. The minimum absolute atomic E-state index is 0.698. The van der Waals surface area contributed by atoms with E-state index in [1.54, 1.807) is 38.5 Å². The summed E-state index contributed by atoms with van der Waals surface area (Å²) in [4.78, 5) is 0. The quantitative estimate of drug-likeness (QED) is 0.556. The van der Waals surface area contributed by atoms with Crippen molar-refractivity contribution in [1.82, 2.24) is 0 Å². The molecule has 6 aliphatic rings. The lowest BCUT2D eigenvalue weighted by atomic mass is 9.56. The lowest BCUT2D eigenvalue weighted by Crippen LogP contribution is -2.44.